The van der Waals surface area contributed by atoms with E-state index in [1.54, 1.807) is 6.07 Å². The predicted molar refractivity (Wildman–Crippen MR) is 119 cm³/mol. The minimum absolute atomic E-state index is 0.209. The van der Waals surface area contributed by atoms with Crippen LogP contribution in [0.4, 0.5) is 5.69 Å². The first-order chi connectivity index (χ1) is 14.6. The Morgan fingerprint density at radius 3 is 2.03 bits per heavy atom. The fraction of sp³-hybridized carbons (Fsp3) is 0.240. The van der Waals surface area contributed by atoms with E-state index in [-0.39, 0.29) is 5.91 Å². The SMILES string of the molecule is CC(C)COc1ccccc1C(=O)Nc1ccc(OCCOc2ccccc2)cc1. The molecule has 5 nitrogen and oxygen atoms in total. The van der Waals surface area contributed by atoms with Crippen molar-refractivity contribution in [2.45, 2.75) is 13.8 Å². The summed E-state index contributed by atoms with van der Waals surface area (Å²) in [6.07, 6.45) is 0. The van der Waals surface area contributed by atoms with Crippen molar-refractivity contribution in [2.75, 3.05) is 25.1 Å². The Labute approximate surface area is 177 Å². The summed E-state index contributed by atoms with van der Waals surface area (Å²) in [7, 11) is 0. The third kappa shape index (κ3) is 6.55. The van der Waals surface area contributed by atoms with Crippen LogP contribution in [0.25, 0.3) is 0 Å². The molecule has 0 unspecified atom stereocenters. The number of carbonyl (C=O) groups is 1. The number of ether oxygens (including phenoxy) is 3. The van der Waals surface area contributed by atoms with E-state index >= 15 is 0 Å². The summed E-state index contributed by atoms with van der Waals surface area (Å²) in [5, 5.41) is 2.90. The Hall–Kier alpha value is -3.47. The second kappa shape index (κ2) is 10.9. The Morgan fingerprint density at radius 1 is 0.767 bits per heavy atom. The number of carbonyl (C=O) groups excluding carboxylic acids is 1. The summed E-state index contributed by atoms with van der Waals surface area (Å²) >= 11 is 0. The summed E-state index contributed by atoms with van der Waals surface area (Å²) in [6.45, 7) is 5.58. The van der Waals surface area contributed by atoms with Crippen molar-refractivity contribution in [1.29, 1.82) is 0 Å². The molecule has 3 aromatic rings. The summed E-state index contributed by atoms with van der Waals surface area (Å²) in [5.41, 5.74) is 1.20. The van der Waals surface area contributed by atoms with Crippen molar-refractivity contribution in [3.05, 3.63) is 84.4 Å². The molecule has 0 aromatic heterocycles. The van der Waals surface area contributed by atoms with E-state index in [1.807, 2.05) is 72.8 Å². The van der Waals surface area contributed by atoms with Gasteiger partial charge in [0.15, 0.2) is 0 Å². The van der Waals surface area contributed by atoms with Gasteiger partial charge in [-0.25, -0.2) is 0 Å². The molecule has 0 radical (unpaired) electrons. The Bertz CT molecular complexity index is 923. The van der Waals surface area contributed by atoms with Crippen molar-refractivity contribution in [1.82, 2.24) is 0 Å². The highest BCUT2D eigenvalue weighted by Crippen LogP contribution is 2.22. The molecule has 0 aliphatic rings. The average molecular weight is 405 g/mol. The van der Waals surface area contributed by atoms with Crippen LogP contribution in [0.1, 0.15) is 24.2 Å². The van der Waals surface area contributed by atoms with Crippen molar-refractivity contribution < 1.29 is 19.0 Å². The van der Waals surface area contributed by atoms with Crippen LogP contribution < -0.4 is 19.5 Å². The van der Waals surface area contributed by atoms with Gasteiger partial charge in [-0.15, -0.1) is 0 Å². The molecule has 0 aliphatic carbocycles. The largest absolute Gasteiger partial charge is 0.492 e. The van der Waals surface area contributed by atoms with Crippen molar-refractivity contribution >= 4 is 11.6 Å². The number of rotatable bonds is 10. The summed E-state index contributed by atoms with van der Waals surface area (Å²) in [5.74, 6) is 2.29. The topological polar surface area (TPSA) is 56.8 Å². The van der Waals surface area contributed by atoms with Gasteiger partial charge < -0.3 is 19.5 Å². The molecular weight excluding hydrogens is 378 g/mol. The molecule has 0 spiro atoms. The highest BCUT2D eigenvalue weighted by Gasteiger charge is 2.13. The van der Waals surface area contributed by atoms with Crippen LogP contribution >= 0.6 is 0 Å². The molecule has 0 atom stereocenters. The lowest BCUT2D eigenvalue weighted by Crippen LogP contribution is -2.15. The van der Waals surface area contributed by atoms with Gasteiger partial charge >= 0.3 is 0 Å². The van der Waals surface area contributed by atoms with Gasteiger partial charge in [-0.05, 0) is 54.4 Å². The lowest BCUT2D eigenvalue weighted by atomic mass is 10.1. The smallest absolute Gasteiger partial charge is 0.259 e. The monoisotopic (exact) mass is 405 g/mol. The van der Waals surface area contributed by atoms with Gasteiger partial charge in [0, 0.05) is 5.69 Å². The first kappa shape index (κ1) is 21.2. The van der Waals surface area contributed by atoms with E-state index < -0.39 is 0 Å². The van der Waals surface area contributed by atoms with Gasteiger partial charge in [-0.2, -0.15) is 0 Å². The molecule has 156 valence electrons. The number of hydrogen-bond donors (Lipinski definition) is 1. The number of amides is 1. The molecule has 0 saturated carbocycles. The minimum atomic E-state index is -0.209. The zero-order valence-electron chi connectivity index (χ0n) is 17.3. The fourth-order valence-electron chi connectivity index (χ4n) is 2.71. The highest BCUT2D eigenvalue weighted by atomic mass is 16.5. The predicted octanol–water partition coefficient (Wildman–Crippen LogP) is 5.43. The molecule has 0 aliphatic heterocycles. The molecule has 0 saturated heterocycles. The number of hydrogen-bond acceptors (Lipinski definition) is 4. The second-order valence-corrected chi connectivity index (χ2v) is 7.19. The highest BCUT2D eigenvalue weighted by molar-refractivity contribution is 6.06. The average Bonchev–Trinajstić information content (AvgIpc) is 2.77. The summed E-state index contributed by atoms with van der Waals surface area (Å²) in [6, 6.07) is 24.1. The lowest BCUT2D eigenvalue weighted by Gasteiger charge is -2.13. The van der Waals surface area contributed by atoms with Crippen LogP contribution in [0.15, 0.2) is 78.9 Å². The van der Waals surface area contributed by atoms with Gasteiger partial charge in [-0.1, -0.05) is 44.2 Å². The molecule has 1 N–H and O–H groups in total. The molecule has 3 aromatic carbocycles. The van der Waals surface area contributed by atoms with E-state index in [9.17, 15) is 4.79 Å². The molecule has 1 amide bonds. The number of nitrogens with one attached hydrogen (secondary N) is 1. The summed E-state index contributed by atoms with van der Waals surface area (Å²) in [4.78, 5) is 12.7. The third-order valence-corrected chi connectivity index (χ3v) is 4.18. The first-order valence-electron chi connectivity index (χ1n) is 10.1. The van der Waals surface area contributed by atoms with E-state index in [1.165, 1.54) is 0 Å². The molecule has 3 rings (SSSR count). The maximum absolute atomic E-state index is 12.7. The molecular formula is C25H27NO4. The Kier molecular flexibility index (Phi) is 7.72. The van der Waals surface area contributed by atoms with Crippen LogP contribution in [0.5, 0.6) is 17.2 Å². The van der Waals surface area contributed by atoms with E-state index in [0.717, 1.165) is 5.75 Å². The van der Waals surface area contributed by atoms with E-state index in [0.29, 0.717) is 48.5 Å². The van der Waals surface area contributed by atoms with Gasteiger partial charge in [0.2, 0.25) is 0 Å². The van der Waals surface area contributed by atoms with Crippen LogP contribution in [-0.4, -0.2) is 25.7 Å². The molecule has 0 fully saturated rings. The standard InChI is InChI=1S/C25H27NO4/c1-19(2)18-30-24-11-7-6-10-23(24)25(27)26-20-12-14-22(15-13-20)29-17-16-28-21-8-4-3-5-9-21/h3-15,19H,16-18H2,1-2H3,(H,26,27). The zero-order valence-corrected chi connectivity index (χ0v) is 17.3. The van der Waals surface area contributed by atoms with Gasteiger partial charge in [0.05, 0.1) is 12.2 Å². The maximum atomic E-state index is 12.7. The molecule has 30 heavy (non-hydrogen) atoms. The van der Waals surface area contributed by atoms with Gasteiger partial charge in [0.25, 0.3) is 5.91 Å². The normalized spacial score (nSPS) is 10.5. The Balaban J connectivity index is 1.50. The number of anilines is 1. The quantitative estimate of drug-likeness (QED) is 0.457. The van der Waals surface area contributed by atoms with Crippen LogP contribution in [0.3, 0.4) is 0 Å². The van der Waals surface area contributed by atoms with Crippen molar-refractivity contribution in [3.63, 3.8) is 0 Å². The molecule has 0 heterocycles. The zero-order chi connectivity index (χ0) is 21.2. The van der Waals surface area contributed by atoms with Crippen LogP contribution in [0, 0.1) is 5.92 Å². The van der Waals surface area contributed by atoms with Crippen molar-refractivity contribution in [3.8, 4) is 17.2 Å². The summed E-state index contributed by atoms with van der Waals surface area (Å²) < 4.78 is 17.1. The van der Waals surface area contributed by atoms with Crippen LogP contribution in [0.2, 0.25) is 0 Å². The maximum Gasteiger partial charge on any atom is 0.259 e. The van der Waals surface area contributed by atoms with E-state index in [2.05, 4.69) is 19.2 Å². The number of para-hydroxylation sites is 2. The molecule has 5 heteroatoms. The number of benzene rings is 3. The minimum Gasteiger partial charge on any atom is -0.492 e. The Morgan fingerprint density at radius 2 is 1.37 bits per heavy atom. The van der Waals surface area contributed by atoms with Gasteiger partial charge in [-0.3, -0.25) is 4.79 Å². The fourth-order valence-corrected chi connectivity index (χ4v) is 2.71. The van der Waals surface area contributed by atoms with E-state index in [4.69, 9.17) is 14.2 Å². The third-order valence-electron chi connectivity index (χ3n) is 4.18. The lowest BCUT2D eigenvalue weighted by molar-refractivity contribution is 0.102. The first-order valence-corrected chi connectivity index (χ1v) is 10.1. The van der Waals surface area contributed by atoms with Gasteiger partial charge in [0.1, 0.15) is 30.5 Å². The van der Waals surface area contributed by atoms with Crippen molar-refractivity contribution in [2.24, 2.45) is 5.92 Å². The van der Waals surface area contributed by atoms with Crippen LogP contribution in [-0.2, 0) is 0 Å². The molecule has 0 bridgehead atoms. The second-order valence-electron chi connectivity index (χ2n) is 7.19.